The largest absolute Gasteiger partial charge is 0.309 e. The number of benzene rings is 10. The first-order valence-electron chi connectivity index (χ1n) is 21.2. The highest BCUT2D eigenvalue weighted by Gasteiger charge is 2.23. The van der Waals surface area contributed by atoms with Gasteiger partial charge >= 0.3 is 0 Å². The predicted molar refractivity (Wildman–Crippen MR) is 260 cm³/mol. The van der Waals surface area contributed by atoms with Crippen LogP contribution in [0.3, 0.4) is 0 Å². The van der Waals surface area contributed by atoms with Crippen LogP contribution in [0, 0.1) is 0 Å². The molecular weight excluding hydrogens is 753 g/mol. The SMILES string of the molecule is c1ccc(-c2ccc(-c3nc(-n4c5ccccc5c5cc(-c6cc7c8ccccc8n(-c8ccccc8)c7c7ccccc67)c6ccccc6c54)nc4ccccc34)cc2)cc1. The standard InChI is InChI=1S/C58H36N4/c1-3-17-37(18-4-1)38-31-33-39(34-32-38)55-47-27-11-14-28-52(47)59-58(60-55)62-54-30-16-13-24-44(54)51-36-49(42-22-8-10-26-46(42)57(51)62)48-35-50-43-23-12-15-29-53(43)61(40-19-5-2-6-20-40)56(50)45-25-9-7-21-41(45)48/h1-36H. The predicted octanol–water partition coefficient (Wildman–Crippen LogP) is 15.1. The Kier molecular flexibility index (Phi) is 7.57. The van der Waals surface area contributed by atoms with Crippen LogP contribution < -0.4 is 0 Å². The van der Waals surface area contributed by atoms with Crippen molar-refractivity contribution in [3.05, 3.63) is 218 Å². The molecule has 0 aliphatic carbocycles. The van der Waals surface area contributed by atoms with Crippen LogP contribution in [-0.4, -0.2) is 19.1 Å². The van der Waals surface area contributed by atoms with Gasteiger partial charge in [-0.15, -0.1) is 0 Å². The summed E-state index contributed by atoms with van der Waals surface area (Å²) in [5, 5.41) is 10.6. The minimum absolute atomic E-state index is 0.649. The number of nitrogens with zero attached hydrogens (tertiary/aromatic N) is 4. The molecule has 0 unspecified atom stereocenters. The number of hydrogen-bond acceptors (Lipinski definition) is 2. The molecule has 13 rings (SSSR count). The van der Waals surface area contributed by atoms with Crippen LogP contribution >= 0.6 is 0 Å². The van der Waals surface area contributed by atoms with Crippen molar-refractivity contribution in [3.8, 4) is 45.1 Å². The molecule has 13 aromatic rings. The zero-order valence-electron chi connectivity index (χ0n) is 33.6. The fraction of sp³-hybridized carbons (Fsp3) is 0. The molecule has 3 heterocycles. The lowest BCUT2D eigenvalue weighted by atomic mass is 9.90. The van der Waals surface area contributed by atoms with Crippen molar-refractivity contribution in [2.24, 2.45) is 0 Å². The molecule has 0 radical (unpaired) electrons. The van der Waals surface area contributed by atoms with Crippen LogP contribution in [0.1, 0.15) is 0 Å². The van der Waals surface area contributed by atoms with Gasteiger partial charge in [0, 0.05) is 49.0 Å². The number of fused-ring (bicyclic) bond motifs is 11. The summed E-state index contributed by atoms with van der Waals surface area (Å²) in [6, 6.07) is 78.5. The quantitative estimate of drug-likeness (QED) is 0.174. The van der Waals surface area contributed by atoms with Gasteiger partial charge in [0.05, 0.1) is 33.3 Å². The van der Waals surface area contributed by atoms with Crippen molar-refractivity contribution in [2.45, 2.75) is 0 Å². The third-order valence-electron chi connectivity index (χ3n) is 12.7. The highest BCUT2D eigenvalue weighted by atomic mass is 15.2. The van der Waals surface area contributed by atoms with Crippen LogP contribution in [0.2, 0.25) is 0 Å². The molecule has 3 aromatic heterocycles. The molecule has 0 spiro atoms. The summed E-state index contributed by atoms with van der Waals surface area (Å²) in [5.41, 5.74) is 13.4. The van der Waals surface area contributed by atoms with E-state index in [1.807, 2.05) is 0 Å². The van der Waals surface area contributed by atoms with E-state index < -0.39 is 0 Å². The van der Waals surface area contributed by atoms with Crippen molar-refractivity contribution >= 4 is 76.1 Å². The summed E-state index contributed by atoms with van der Waals surface area (Å²) in [6.07, 6.45) is 0. The molecule has 0 fully saturated rings. The first-order chi connectivity index (χ1) is 30.8. The van der Waals surface area contributed by atoms with Gasteiger partial charge in [-0.05, 0) is 75.5 Å². The monoisotopic (exact) mass is 788 g/mol. The van der Waals surface area contributed by atoms with Crippen LogP contribution in [0.4, 0.5) is 0 Å². The van der Waals surface area contributed by atoms with E-state index in [9.17, 15) is 0 Å². The Morgan fingerprint density at radius 3 is 1.34 bits per heavy atom. The minimum Gasteiger partial charge on any atom is -0.309 e. The molecule has 0 aliphatic rings. The van der Waals surface area contributed by atoms with Gasteiger partial charge in [0.15, 0.2) is 0 Å². The van der Waals surface area contributed by atoms with Gasteiger partial charge < -0.3 is 4.57 Å². The molecule has 0 aliphatic heterocycles. The molecule has 0 amide bonds. The third-order valence-corrected chi connectivity index (χ3v) is 12.7. The fourth-order valence-electron chi connectivity index (χ4n) is 9.98. The van der Waals surface area contributed by atoms with Gasteiger partial charge in [0.2, 0.25) is 5.95 Å². The average molecular weight is 789 g/mol. The smallest absolute Gasteiger partial charge is 0.235 e. The molecule has 0 N–H and O–H groups in total. The molecule has 4 nitrogen and oxygen atoms in total. The van der Waals surface area contributed by atoms with Gasteiger partial charge in [-0.1, -0.05) is 176 Å². The van der Waals surface area contributed by atoms with Crippen LogP contribution in [0.15, 0.2) is 218 Å². The van der Waals surface area contributed by atoms with E-state index in [2.05, 4.69) is 228 Å². The van der Waals surface area contributed by atoms with Crippen molar-refractivity contribution in [2.75, 3.05) is 0 Å². The van der Waals surface area contributed by atoms with E-state index in [1.165, 1.54) is 60.2 Å². The Balaban J connectivity index is 1.09. The zero-order chi connectivity index (χ0) is 40.7. The van der Waals surface area contributed by atoms with Crippen LogP contribution in [0.5, 0.6) is 0 Å². The first kappa shape index (κ1) is 34.5. The molecule has 10 aromatic carbocycles. The van der Waals surface area contributed by atoms with E-state index in [0.29, 0.717) is 5.95 Å². The third kappa shape index (κ3) is 5.14. The first-order valence-corrected chi connectivity index (χ1v) is 21.2. The molecule has 0 bridgehead atoms. The van der Waals surface area contributed by atoms with Gasteiger partial charge in [0.1, 0.15) is 0 Å². The lowest BCUT2D eigenvalue weighted by Crippen LogP contribution is -2.04. The van der Waals surface area contributed by atoms with Gasteiger partial charge in [0.25, 0.3) is 0 Å². The number of hydrogen-bond donors (Lipinski definition) is 0. The molecule has 62 heavy (non-hydrogen) atoms. The van der Waals surface area contributed by atoms with Gasteiger partial charge in [-0.3, -0.25) is 4.57 Å². The fourth-order valence-corrected chi connectivity index (χ4v) is 9.98. The Bertz CT molecular complexity index is 3900. The lowest BCUT2D eigenvalue weighted by Gasteiger charge is -2.16. The molecular formula is C58H36N4. The molecule has 0 atom stereocenters. The highest BCUT2D eigenvalue weighted by molar-refractivity contribution is 6.26. The van der Waals surface area contributed by atoms with Crippen molar-refractivity contribution in [1.29, 1.82) is 0 Å². The Morgan fingerprint density at radius 2 is 0.726 bits per heavy atom. The minimum atomic E-state index is 0.649. The Hall–Kier alpha value is -8.34. The Labute approximate surface area is 357 Å². The zero-order valence-corrected chi connectivity index (χ0v) is 33.6. The van der Waals surface area contributed by atoms with Gasteiger partial charge in [-0.25, -0.2) is 9.97 Å². The summed E-state index contributed by atoms with van der Waals surface area (Å²) < 4.78 is 4.72. The van der Waals surface area contributed by atoms with E-state index in [4.69, 9.17) is 9.97 Å². The number of rotatable bonds is 5. The van der Waals surface area contributed by atoms with Crippen molar-refractivity contribution in [1.82, 2.24) is 19.1 Å². The lowest BCUT2D eigenvalue weighted by molar-refractivity contribution is 1.02. The van der Waals surface area contributed by atoms with Crippen LogP contribution in [-0.2, 0) is 0 Å². The summed E-state index contributed by atoms with van der Waals surface area (Å²) in [6.45, 7) is 0. The molecule has 288 valence electrons. The topological polar surface area (TPSA) is 35.6 Å². The number of para-hydroxylation sites is 4. The second kappa shape index (κ2) is 13.6. The van der Waals surface area contributed by atoms with E-state index in [0.717, 1.165) is 55.0 Å². The summed E-state index contributed by atoms with van der Waals surface area (Å²) in [7, 11) is 0. The maximum atomic E-state index is 5.48. The van der Waals surface area contributed by atoms with Gasteiger partial charge in [-0.2, -0.15) is 0 Å². The molecule has 0 saturated carbocycles. The summed E-state index contributed by atoms with van der Waals surface area (Å²) in [4.78, 5) is 10.8. The summed E-state index contributed by atoms with van der Waals surface area (Å²) >= 11 is 0. The average Bonchev–Trinajstić information content (AvgIpc) is 3.87. The second-order valence-corrected chi connectivity index (χ2v) is 16.1. The molecule has 4 heteroatoms. The van der Waals surface area contributed by atoms with Crippen LogP contribution in [0.25, 0.3) is 121 Å². The second-order valence-electron chi connectivity index (χ2n) is 16.1. The van der Waals surface area contributed by atoms with Crippen molar-refractivity contribution in [3.63, 3.8) is 0 Å². The summed E-state index contributed by atoms with van der Waals surface area (Å²) in [5.74, 6) is 0.649. The Morgan fingerprint density at radius 1 is 0.290 bits per heavy atom. The van der Waals surface area contributed by atoms with E-state index in [1.54, 1.807) is 0 Å². The normalized spacial score (nSPS) is 11.9. The maximum absolute atomic E-state index is 5.48. The van der Waals surface area contributed by atoms with Crippen molar-refractivity contribution < 1.29 is 0 Å². The highest BCUT2D eigenvalue weighted by Crippen LogP contribution is 2.46. The molecule has 0 saturated heterocycles. The van der Waals surface area contributed by atoms with E-state index >= 15 is 0 Å². The number of aromatic nitrogens is 4. The van der Waals surface area contributed by atoms with E-state index in [-0.39, 0.29) is 0 Å². The maximum Gasteiger partial charge on any atom is 0.235 e.